The van der Waals surface area contributed by atoms with Gasteiger partial charge < -0.3 is 0 Å². The summed E-state index contributed by atoms with van der Waals surface area (Å²) in [6.45, 7) is 9.20. The Balaban J connectivity index is 3.43. The Bertz CT molecular complexity index is 182. The Hall–Kier alpha value is 0.0300. The van der Waals surface area contributed by atoms with Crippen molar-refractivity contribution < 1.29 is 0 Å². The lowest BCUT2D eigenvalue weighted by Gasteiger charge is -2.12. The zero-order valence-corrected chi connectivity index (χ0v) is 12.3. The molecule has 0 amide bonds. The van der Waals surface area contributed by atoms with Crippen molar-refractivity contribution in [3.8, 4) is 0 Å². The molecule has 16 heavy (non-hydrogen) atoms. The predicted octanol–water partition coefficient (Wildman–Crippen LogP) is 5.80. The number of halogens is 1. The molecule has 0 spiro atoms. The van der Waals surface area contributed by atoms with Crippen molar-refractivity contribution in [1.82, 2.24) is 0 Å². The summed E-state index contributed by atoms with van der Waals surface area (Å²) in [6.07, 6.45) is 10.2. The largest absolute Gasteiger partial charge is 0.122 e. The third-order valence-electron chi connectivity index (χ3n) is 3.17. The zero-order valence-electron chi connectivity index (χ0n) is 11.6. The molecule has 0 rings (SSSR count). The minimum atomic E-state index is 0.662. The normalized spacial score (nSPS) is 14.5. The van der Waals surface area contributed by atoms with E-state index in [1.165, 1.54) is 44.1 Å². The van der Waals surface area contributed by atoms with Crippen LogP contribution in [-0.4, -0.2) is 5.88 Å². The second-order valence-corrected chi connectivity index (χ2v) is 5.84. The molecule has 0 aliphatic heterocycles. The predicted molar refractivity (Wildman–Crippen MR) is 76.2 cm³/mol. The molecule has 0 radical (unpaired) electrons. The lowest BCUT2D eigenvalue weighted by Crippen LogP contribution is -1.97. The van der Waals surface area contributed by atoms with E-state index in [0.717, 1.165) is 11.8 Å². The molecule has 0 bridgehead atoms. The van der Waals surface area contributed by atoms with Gasteiger partial charge in [-0.1, -0.05) is 58.1 Å². The first-order valence-corrected chi connectivity index (χ1v) is 7.31. The van der Waals surface area contributed by atoms with Crippen molar-refractivity contribution in [2.45, 2.75) is 66.2 Å². The van der Waals surface area contributed by atoms with Crippen LogP contribution in [-0.2, 0) is 0 Å². The third-order valence-corrected chi connectivity index (χ3v) is 3.33. The summed E-state index contributed by atoms with van der Waals surface area (Å²) < 4.78 is 0. The molecule has 1 atom stereocenters. The summed E-state index contributed by atoms with van der Waals surface area (Å²) in [5, 5.41) is 0. The summed E-state index contributed by atoms with van der Waals surface area (Å²) in [6, 6.07) is 0. The maximum absolute atomic E-state index is 5.66. The lowest BCUT2D eigenvalue weighted by molar-refractivity contribution is 0.427. The highest BCUT2D eigenvalue weighted by Gasteiger charge is 2.03. The van der Waals surface area contributed by atoms with Crippen molar-refractivity contribution in [3.63, 3.8) is 0 Å². The number of alkyl halides is 1. The SMILES string of the molecule is CC(=CCCl)CCCC(C)CCCC(C)C. The summed E-state index contributed by atoms with van der Waals surface area (Å²) in [5.41, 5.74) is 1.45. The van der Waals surface area contributed by atoms with Crippen LogP contribution in [0.15, 0.2) is 11.6 Å². The van der Waals surface area contributed by atoms with E-state index < -0.39 is 0 Å². The smallest absolute Gasteiger partial charge is 0.0406 e. The first kappa shape index (κ1) is 16.0. The van der Waals surface area contributed by atoms with Gasteiger partial charge in [-0.05, 0) is 31.6 Å². The van der Waals surface area contributed by atoms with Gasteiger partial charge in [-0.15, -0.1) is 11.6 Å². The van der Waals surface area contributed by atoms with Crippen LogP contribution in [0.1, 0.15) is 66.2 Å². The highest BCUT2D eigenvalue weighted by molar-refractivity contribution is 6.18. The van der Waals surface area contributed by atoms with Crippen molar-refractivity contribution in [2.75, 3.05) is 5.88 Å². The molecule has 0 N–H and O–H groups in total. The number of hydrogen-bond donors (Lipinski definition) is 0. The summed E-state index contributed by atoms with van der Waals surface area (Å²) >= 11 is 5.66. The van der Waals surface area contributed by atoms with Crippen LogP contribution in [0.3, 0.4) is 0 Å². The number of allylic oxidation sites excluding steroid dienone is 2. The Kier molecular flexibility index (Phi) is 10.2. The van der Waals surface area contributed by atoms with Gasteiger partial charge in [0.1, 0.15) is 0 Å². The second kappa shape index (κ2) is 10.2. The minimum absolute atomic E-state index is 0.662. The molecule has 0 nitrogen and oxygen atoms in total. The van der Waals surface area contributed by atoms with Crippen LogP contribution in [0.4, 0.5) is 0 Å². The van der Waals surface area contributed by atoms with Gasteiger partial charge in [-0.25, -0.2) is 0 Å². The van der Waals surface area contributed by atoms with Gasteiger partial charge in [0.05, 0.1) is 0 Å². The van der Waals surface area contributed by atoms with Gasteiger partial charge >= 0.3 is 0 Å². The minimum Gasteiger partial charge on any atom is -0.122 e. The number of rotatable bonds is 9. The van der Waals surface area contributed by atoms with E-state index >= 15 is 0 Å². The van der Waals surface area contributed by atoms with E-state index in [1.54, 1.807) is 0 Å². The van der Waals surface area contributed by atoms with Crippen LogP contribution in [0.25, 0.3) is 0 Å². The fourth-order valence-electron chi connectivity index (χ4n) is 1.98. The molecule has 0 aliphatic rings. The highest BCUT2D eigenvalue weighted by Crippen LogP contribution is 2.18. The maximum atomic E-state index is 5.66. The van der Waals surface area contributed by atoms with Crippen LogP contribution in [0.2, 0.25) is 0 Å². The summed E-state index contributed by atoms with van der Waals surface area (Å²) in [7, 11) is 0. The van der Waals surface area contributed by atoms with E-state index in [0.29, 0.717) is 5.88 Å². The topological polar surface area (TPSA) is 0 Å². The third kappa shape index (κ3) is 10.5. The van der Waals surface area contributed by atoms with Gasteiger partial charge in [0.25, 0.3) is 0 Å². The molecule has 0 heterocycles. The Labute approximate surface area is 107 Å². The van der Waals surface area contributed by atoms with E-state index in [1.807, 2.05) is 0 Å². The summed E-state index contributed by atoms with van der Waals surface area (Å²) in [5.74, 6) is 2.42. The molecule has 0 aromatic heterocycles. The molecule has 0 saturated carbocycles. The molecule has 1 heteroatoms. The van der Waals surface area contributed by atoms with Crippen molar-refractivity contribution in [3.05, 3.63) is 11.6 Å². The first-order chi connectivity index (χ1) is 7.56. The Morgan fingerprint density at radius 2 is 1.69 bits per heavy atom. The van der Waals surface area contributed by atoms with Crippen LogP contribution in [0, 0.1) is 11.8 Å². The second-order valence-electron chi connectivity index (χ2n) is 5.53. The van der Waals surface area contributed by atoms with E-state index in [9.17, 15) is 0 Å². The molecule has 96 valence electrons. The van der Waals surface area contributed by atoms with E-state index in [4.69, 9.17) is 11.6 Å². The standard InChI is InChI=1S/C15H29Cl/c1-13(2)7-5-8-14(3)9-6-10-15(4)11-12-16/h11,13-14H,5-10,12H2,1-4H3. The van der Waals surface area contributed by atoms with Gasteiger partial charge in [0.15, 0.2) is 0 Å². The zero-order chi connectivity index (χ0) is 12.4. The van der Waals surface area contributed by atoms with Gasteiger partial charge in [-0.2, -0.15) is 0 Å². The first-order valence-electron chi connectivity index (χ1n) is 6.77. The van der Waals surface area contributed by atoms with Crippen LogP contribution in [0.5, 0.6) is 0 Å². The Morgan fingerprint density at radius 3 is 2.25 bits per heavy atom. The molecule has 0 aliphatic carbocycles. The Morgan fingerprint density at radius 1 is 1.06 bits per heavy atom. The molecular weight excluding hydrogens is 216 g/mol. The highest BCUT2D eigenvalue weighted by atomic mass is 35.5. The van der Waals surface area contributed by atoms with Gasteiger partial charge in [-0.3, -0.25) is 0 Å². The fourth-order valence-corrected chi connectivity index (χ4v) is 2.25. The molecule has 0 saturated heterocycles. The van der Waals surface area contributed by atoms with Crippen molar-refractivity contribution in [1.29, 1.82) is 0 Å². The summed E-state index contributed by atoms with van der Waals surface area (Å²) in [4.78, 5) is 0. The molecule has 0 aromatic rings. The maximum Gasteiger partial charge on any atom is 0.0406 e. The van der Waals surface area contributed by atoms with E-state index in [-0.39, 0.29) is 0 Å². The molecule has 0 fully saturated rings. The number of hydrogen-bond acceptors (Lipinski definition) is 0. The quantitative estimate of drug-likeness (QED) is 0.355. The van der Waals surface area contributed by atoms with Gasteiger partial charge in [0, 0.05) is 5.88 Å². The van der Waals surface area contributed by atoms with Crippen molar-refractivity contribution in [2.24, 2.45) is 11.8 Å². The average molecular weight is 245 g/mol. The fraction of sp³-hybridized carbons (Fsp3) is 0.867. The monoisotopic (exact) mass is 244 g/mol. The molecular formula is C15H29Cl. The lowest BCUT2D eigenvalue weighted by atomic mass is 9.94. The average Bonchev–Trinajstić information content (AvgIpc) is 2.17. The molecule has 0 aromatic carbocycles. The van der Waals surface area contributed by atoms with Crippen molar-refractivity contribution >= 4 is 11.6 Å². The van der Waals surface area contributed by atoms with Gasteiger partial charge in [0.2, 0.25) is 0 Å². The van der Waals surface area contributed by atoms with E-state index in [2.05, 4.69) is 33.8 Å². The van der Waals surface area contributed by atoms with Crippen LogP contribution >= 0.6 is 11.6 Å². The molecule has 1 unspecified atom stereocenters. The van der Waals surface area contributed by atoms with Crippen LogP contribution < -0.4 is 0 Å².